The van der Waals surface area contributed by atoms with E-state index >= 15 is 0 Å². The minimum atomic E-state index is -1.29. The van der Waals surface area contributed by atoms with Crippen LogP contribution in [0.3, 0.4) is 0 Å². The third kappa shape index (κ3) is 3.64. The van der Waals surface area contributed by atoms with Crippen molar-refractivity contribution in [1.82, 2.24) is 0 Å². The molecule has 26 heavy (non-hydrogen) atoms. The molecule has 0 heterocycles. The van der Waals surface area contributed by atoms with E-state index in [0.29, 0.717) is 11.1 Å². The standard InChI is InChI=1S/C20H11F3O3/c21-14-8-4-12(5-9-14)19(24)13-6-10-15(11-7-13)26-20(25)16-2-1-3-17(22)18(16)23/h1-11H. The molecule has 0 saturated heterocycles. The lowest BCUT2D eigenvalue weighted by Gasteiger charge is -2.07. The van der Waals surface area contributed by atoms with Crippen LogP contribution in [0.2, 0.25) is 0 Å². The number of esters is 1. The number of halogens is 3. The summed E-state index contributed by atoms with van der Waals surface area (Å²) in [5.74, 6) is -4.22. The highest BCUT2D eigenvalue weighted by Gasteiger charge is 2.17. The summed E-state index contributed by atoms with van der Waals surface area (Å²) in [6, 6.07) is 13.8. The molecule has 0 fully saturated rings. The predicted octanol–water partition coefficient (Wildman–Crippen LogP) is 4.55. The van der Waals surface area contributed by atoms with Gasteiger partial charge in [0.15, 0.2) is 17.4 Å². The molecule has 3 nitrogen and oxygen atoms in total. The van der Waals surface area contributed by atoms with Crippen LogP contribution >= 0.6 is 0 Å². The van der Waals surface area contributed by atoms with Gasteiger partial charge in [0.1, 0.15) is 11.6 Å². The van der Waals surface area contributed by atoms with E-state index in [2.05, 4.69) is 0 Å². The third-order valence-electron chi connectivity index (χ3n) is 3.60. The van der Waals surface area contributed by atoms with E-state index in [9.17, 15) is 22.8 Å². The van der Waals surface area contributed by atoms with Crippen molar-refractivity contribution < 1.29 is 27.5 Å². The van der Waals surface area contributed by atoms with Gasteiger partial charge in [0, 0.05) is 11.1 Å². The van der Waals surface area contributed by atoms with E-state index < -0.39 is 29.0 Å². The lowest BCUT2D eigenvalue weighted by Crippen LogP contribution is -2.11. The Morgan fingerprint density at radius 1 is 0.731 bits per heavy atom. The average Bonchev–Trinajstić information content (AvgIpc) is 2.64. The van der Waals surface area contributed by atoms with Gasteiger partial charge in [0.25, 0.3) is 0 Å². The quantitative estimate of drug-likeness (QED) is 0.391. The SMILES string of the molecule is O=C(c1ccc(F)cc1)c1ccc(OC(=O)c2cccc(F)c2F)cc1. The van der Waals surface area contributed by atoms with Crippen molar-refractivity contribution in [3.63, 3.8) is 0 Å². The fraction of sp³-hybridized carbons (Fsp3) is 0. The van der Waals surface area contributed by atoms with E-state index in [0.717, 1.165) is 12.1 Å². The van der Waals surface area contributed by atoms with Crippen LogP contribution in [0.5, 0.6) is 5.75 Å². The maximum absolute atomic E-state index is 13.6. The first-order valence-electron chi connectivity index (χ1n) is 7.52. The van der Waals surface area contributed by atoms with Gasteiger partial charge < -0.3 is 4.74 Å². The molecule has 0 aromatic heterocycles. The Hall–Kier alpha value is -3.41. The van der Waals surface area contributed by atoms with E-state index in [-0.39, 0.29) is 11.5 Å². The van der Waals surface area contributed by atoms with Crippen LogP contribution in [-0.2, 0) is 0 Å². The number of rotatable bonds is 4. The van der Waals surface area contributed by atoms with Crippen molar-refractivity contribution in [1.29, 1.82) is 0 Å². The van der Waals surface area contributed by atoms with Crippen molar-refractivity contribution in [3.05, 3.63) is 101 Å². The molecule has 0 aliphatic heterocycles. The van der Waals surface area contributed by atoms with Gasteiger partial charge in [-0.3, -0.25) is 4.79 Å². The highest BCUT2D eigenvalue weighted by molar-refractivity contribution is 6.09. The van der Waals surface area contributed by atoms with Crippen molar-refractivity contribution in [3.8, 4) is 5.75 Å². The van der Waals surface area contributed by atoms with Gasteiger partial charge in [-0.25, -0.2) is 18.0 Å². The van der Waals surface area contributed by atoms with E-state index in [1.54, 1.807) is 0 Å². The fourth-order valence-corrected chi connectivity index (χ4v) is 2.27. The summed E-state index contributed by atoms with van der Waals surface area (Å²) in [5.41, 5.74) is 0.0720. The summed E-state index contributed by atoms with van der Waals surface area (Å²) in [4.78, 5) is 24.2. The number of carbonyl (C=O) groups excluding carboxylic acids is 2. The van der Waals surface area contributed by atoms with Crippen LogP contribution in [0.4, 0.5) is 13.2 Å². The molecule has 130 valence electrons. The average molecular weight is 356 g/mol. The number of hydrogen-bond acceptors (Lipinski definition) is 3. The Bertz CT molecular complexity index is 965. The second kappa shape index (κ2) is 7.23. The van der Waals surface area contributed by atoms with Gasteiger partial charge in [-0.05, 0) is 60.7 Å². The zero-order valence-electron chi connectivity index (χ0n) is 13.2. The number of ketones is 1. The molecule has 3 aromatic rings. The topological polar surface area (TPSA) is 43.4 Å². The maximum atomic E-state index is 13.6. The summed E-state index contributed by atoms with van der Waals surface area (Å²) in [6.07, 6.45) is 0. The van der Waals surface area contributed by atoms with Crippen LogP contribution in [0.25, 0.3) is 0 Å². The van der Waals surface area contributed by atoms with E-state index in [4.69, 9.17) is 4.74 Å². The summed E-state index contributed by atoms with van der Waals surface area (Å²) in [6.45, 7) is 0. The summed E-state index contributed by atoms with van der Waals surface area (Å²) in [5, 5.41) is 0. The summed E-state index contributed by atoms with van der Waals surface area (Å²) >= 11 is 0. The molecule has 0 unspecified atom stereocenters. The van der Waals surface area contributed by atoms with E-state index in [1.165, 1.54) is 54.6 Å². The predicted molar refractivity (Wildman–Crippen MR) is 87.6 cm³/mol. The largest absolute Gasteiger partial charge is 0.423 e. The van der Waals surface area contributed by atoms with Gasteiger partial charge >= 0.3 is 5.97 Å². The van der Waals surface area contributed by atoms with Crippen molar-refractivity contribution in [2.45, 2.75) is 0 Å². The second-order valence-electron chi connectivity index (χ2n) is 5.35. The highest BCUT2D eigenvalue weighted by atomic mass is 19.2. The first-order valence-corrected chi connectivity index (χ1v) is 7.52. The zero-order chi connectivity index (χ0) is 18.7. The van der Waals surface area contributed by atoms with Crippen LogP contribution < -0.4 is 4.74 Å². The van der Waals surface area contributed by atoms with Gasteiger partial charge in [0.05, 0.1) is 5.56 Å². The number of carbonyl (C=O) groups is 2. The Labute approximate surface area is 146 Å². The summed E-state index contributed by atoms with van der Waals surface area (Å²) in [7, 11) is 0. The smallest absolute Gasteiger partial charge is 0.346 e. The minimum Gasteiger partial charge on any atom is -0.423 e. The van der Waals surface area contributed by atoms with E-state index in [1.807, 2.05) is 0 Å². The molecule has 3 aromatic carbocycles. The monoisotopic (exact) mass is 356 g/mol. The zero-order valence-corrected chi connectivity index (χ0v) is 13.2. The molecule has 6 heteroatoms. The molecule has 0 spiro atoms. The van der Waals surface area contributed by atoms with Gasteiger partial charge in [-0.1, -0.05) is 6.07 Å². The van der Waals surface area contributed by atoms with Gasteiger partial charge in [-0.2, -0.15) is 0 Å². The van der Waals surface area contributed by atoms with Gasteiger partial charge in [-0.15, -0.1) is 0 Å². The fourth-order valence-electron chi connectivity index (χ4n) is 2.27. The molecule has 0 N–H and O–H groups in total. The van der Waals surface area contributed by atoms with Crippen molar-refractivity contribution in [2.75, 3.05) is 0 Å². The number of hydrogen-bond donors (Lipinski definition) is 0. The molecule has 0 saturated carbocycles. The molecule has 0 aliphatic rings. The van der Waals surface area contributed by atoms with Crippen LogP contribution in [-0.4, -0.2) is 11.8 Å². The van der Waals surface area contributed by atoms with Crippen LogP contribution in [0.15, 0.2) is 66.7 Å². The number of ether oxygens (including phenoxy) is 1. The Kier molecular flexibility index (Phi) is 4.84. The Morgan fingerprint density at radius 3 is 1.92 bits per heavy atom. The molecule has 0 aliphatic carbocycles. The number of benzene rings is 3. The lowest BCUT2D eigenvalue weighted by molar-refractivity contribution is 0.0728. The molecular formula is C20H11F3O3. The maximum Gasteiger partial charge on any atom is 0.346 e. The molecular weight excluding hydrogens is 345 g/mol. The van der Waals surface area contributed by atoms with Crippen molar-refractivity contribution >= 4 is 11.8 Å². The minimum absolute atomic E-state index is 0.0642. The molecule has 0 bridgehead atoms. The van der Waals surface area contributed by atoms with Gasteiger partial charge in [0.2, 0.25) is 0 Å². The first kappa shape index (κ1) is 17.4. The molecule has 3 rings (SSSR count). The summed E-state index contributed by atoms with van der Waals surface area (Å²) < 4.78 is 44.7. The van der Waals surface area contributed by atoms with Crippen LogP contribution in [0, 0.1) is 17.5 Å². The van der Waals surface area contributed by atoms with Crippen LogP contribution in [0.1, 0.15) is 26.3 Å². The normalized spacial score (nSPS) is 10.4. The highest BCUT2D eigenvalue weighted by Crippen LogP contribution is 2.19. The molecule has 0 amide bonds. The third-order valence-corrected chi connectivity index (χ3v) is 3.60. The molecule has 0 atom stereocenters. The second-order valence-corrected chi connectivity index (χ2v) is 5.35. The lowest BCUT2D eigenvalue weighted by atomic mass is 10.0. The van der Waals surface area contributed by atoms with Crippen molar-refractivity contribution in [2.24, 2.45) is 0 Å². The first-order chi connectivity index (χ1) is 12.5. The molecule has 0 radical (unpaired) electrons. The Balaban J connectivity index is 1.75. The Morgan fingerprint density at radius 2 is 1.31 bits per heavy atom.